The SMILES string of the molecule is CC(=O)Oc1ccc(Sc2ccc(C(=O)N[C@H]3CN4CCC3CC4)cc2)cc1. The van der Waals surface area contributed by atoms with E-state index < -0.39 is 0 Å². The van der Waals surface area contributed by atoms with E-state index in [-0.39, 0.29) is 17.9 Å². The maximum absolute atomic E-state index is 12.6. The average Bonchev–Trinajstić information content (AvgIpc) is 2.70. The Morgan fingerprint density at radius 3 is 2.14 bits per heavy atom. The molecule has 0 saturated carbocycles. The summed E-state index contributed by atoms with van der Waals surface area (Å²) in [4.78, 5) is 28.1. The number of hydrogen-bond donors (Lipinski definition) is 1. The van der Waals surface area contributed by atoms with Crippen molar-refractivity contribution < 1.29 is 14.3 Å². The van der Waals surface area contributed by atoms with Crippen LogP contribution >= 0.6 is 11.8 Å². The molecule has 1 N–H and O–H groups in total. The Bertz CT molecular complexity index is 843. The van der Waals surface area contributed by atoms with Crippen LogP contribution in [0.5, 0.6) is 5.75 Å². The van der Waals surface area contributed by atoms with E-state index in [0.29, 0.717) is 17.2 Å². The van der Waals surface area contributed by atoms with Crippen LogP contribution in [0, 0.1) is 5.92 Å². The molecule has 2 aromatic carbocycles. The first kappa shape index (κ1) is 19.0. The van der Waals surface area contributed by atoms with Crippen molar-refractivity contribution in [3.63, 3.8) is 0 Å². The number of amides is 1. The van der Waals surface area contributed by atoms with Crippen molar-refractivity contribution in [1.82, 2.24) is 10.2 Å². The van der Waals surface area contributed by atoms with E-state index in [1.807, 2.05) is 36.4 Å². The van der Waals surface area contributed by atoms with E-state index >= 15 is 0 Å². The summed E-state index contributed by atoms with van der Waals surface area (Å²) in [6, 6.07) is 15.4. The normalized spacial score (nSPS) is 23.2. The molecular weight excluding hydrogens is 372 g/mol. The van der Waals surface area contributed by atoms with Crippen molar-refractivity contribution in [3.8, 4) is 5.75 Å². The van der Waals surface area contributed by atoms with Crippen molar-refractivity contribution in [1.29, 1.82) is 0 Å². The molecule has 2 aromatic rings. The van der Waals surface area contributed by atoms with Crippen LogP contribution in [-0.4, -0.2) is 42.5 Å². The van der Waals surface area contributed by atoms with Crippen LogP contribution < -0.4 is 10.1 Å². The summed E-state index contributed by atoms with van der Waals surface area (Å²) < 4.78 is 5.05. The fourth-order valence-corrected chi connectivity index (χ4v) is 4.75. The summed E-state index contributed by atoms with van der Waals surface area (Å²) >= 11 is 1.60. The van der Waals surface area contributed by atoms with Gasteiger partial charge >= 0.3 is 5.97 Å². The Labute approximate surface area is 169 Å². The molecule has 5 nitrogen and oxygen atoms in total. The minimum atomic E-state index is -0.326. The summed E-state index contributed by atoms with van der Waals surface area (Å²) in [6.07, 6.45) is 2.38. The molecule has 3 aliphatic rings. The molecule has 3 heterocycles. The lowest BCUT2D eigenvalue weighted by Crippen LogP contribution is -2.57. The molecule has 0 spiro atoms. The number of nitrogens with one attached hydrogen (secondary N) is 1. The Balaban J connectivity index is 1.34. The van der Waals surface area contributed by atoms with Crippen molar-refractivity contribution >= 4 is 23.6 Å². The molecule has 1 amide bonds. The number of rotatable bonds is 5. The Hall–Kier alpha value is -2.31. The van der Waals surface area contributed by atoms with Gasteiger partial charge in [0.25, 0.3) is 5.91 Å². The first-order valence-corrected chi connectivity index (χ1v) is 10.5. The second-order valence-corrected chi connectivity index (χ2v) is 8.56. The van der Waals surface area contributed by atoms with Gasteiger partial charge in [-0.05, 0) is 80.4 Å². The number of benzene rings is 2. The fourth-order valence-electron chi connectivity index (χ4n) is 3.93. The average molecular weight is 397 g/mol. The maximum Gasteiger partial charge on any atom is 0.308 e. The standard InChI is InChI=1S/C22H24N2O3S/c1-15(25)27-18-4-8-20(9-5-18)28-19-6-2-17(3-7-19)22(26)23-21-14-24-12-10-16(21)11-13-24/h2-9,16,21H,10-14H2,1H3,(H,23,26)/t21-/m0/s1. The van der Waals surface area contributed by atoms with Crippen LogP contribution in [0.15, 0.2) is 58.3 Å². The van der Waals surface area contributed by atoms with Crippen molar-refractivity contribution in [2.75, 3.05) is 19.6 Å². The molecule has 0 radical (unpaired) electrons. The molecule has 2 bridgehead atoms. The van der Waals surface area contributed by atoms with Gasteiger partial charge in [-0.1, -0.05) is 11.8 Å². The van der Waals surface area contributed by atoms with Crippen LogP contribution in [0.4, 0.5) is 0 Å². The monoisotopic (exact) mass is 396 g/mol. The summed E-state index contributed by atoms with van der Waals surface area (Å²) in [7, 11) is 0. The van der Waals surface area contributed by atoms with Gasteiger partial charge in [-0.25, -0.2) is 0 Å². The van der Waals surface area contributed by atoms with E-state index in [0.717, 1.165) is 16.3 Å². The lowest BCUT2D eigenvalue weighted by molar-refractivity contribution is -0.131. The molecule has 146 valence electrons. The van der Waals surface area contributed by atoms with Gasteiger partial charge in [0.05, 0.1) is 0 Å². The molecule has 0 aromatic heterocycles. The maximum atomic E-state index is 12.6. The number of hydrogen-bond acceptors (Lipinski definition) is 5. The van der Waals surface area contributed by atoms with Crippen LogP contribution in [0.1, 0.15) is 30.1 Å². The van der Waals surface area contributed by atoms with Gasteiger partial charge < -0.3 is 15.0 Å². The molecule has 3 fully saturated rings. The van der Waals surface area contributed by atoms with Crippen LogP contribution in [0.25, 0.3) is 0 Å². The third kappa shape index (κ3) is 4.56. The zero-order valence-corrected chi connectivity index (χ0v) is 16.7. The largest absolute Gasteiger partial charge is 0.427 e. The van der Waals surface area contributed by atoms with Crippen molar-refractivity contribution in [3.05, 3.63) is 54.1 Å². The second-order valence-electron chi connectivity index (χ2n) is 7.41. The van der Waals surface area contributed by atoms with E-state index in [1.54, 1.807) is 23.9 Å². The van der Waals surface area contributed by atoms with E-state index in [1.165, 1.54) is 32.9 Å². The predicted octanol–water partition coefficient (Wildman–Crippen LogP) is 3.59. The van der Waals surface area contributed by atoms with E-state index in [9.17, 15) is 9.59 Å². The highest BCUT2D eigenvalue weighted by molar-refractivity contribution is 7.99. The first-order valence-electron chi connectivity index (χ1n) is 9.66. The molecule has 3 aliphatic heterocycles. The molecule has 28 heavy (non-hydrogen) atoms. The lowest BCUT2D eigenvalue weighted by Gasteiger charge is -2.44. The minimum Gasteiger partial charge on any atom is -0.427 e. The molecule has 5 rings (SSSR count). The highest BCUT2D eigenvalue weighted by Crippen LogP contribution is 2.30. The third-order valence-electron chi connectivity index (χ3n) is 5.41. The van der Waals surface area contributed by atoms with Crippen LogP contribution in [0.2, 0.25) is 0 Å². The molecule has 0 unspecified atom stereocenters. The van der Waals surface area contributed by atoms with Gasteiger partial charge in [0, 0.05) is 34.9 Å². The van der Waals surface area contributed by atoms with E-state index in [4.69, 9.17) is 4.74 Å². The van der Waals surface area contributed by atoms with E-state index in [2.05, 4.69) is 10.2 Å². The summed E-state index contributed by atoms with van der Waals surface area (Å²) in [5.41, 5.74) is 0.700. The second kappa shape index (κ2) is 8.37. The number of nitrogens with zero attached hydrogens (tertiary/aromatic N) is 1. The van der Waals surface area contributed by atoms with Crippen molar-refractivity contribution in [2.24, 2.45) is 5.92 Å². The number of fused-ring (bicyclic) bond motifs is 3. The molecule has 0 aliphatic carbocycles. The number of carbonyl (C=O) groups is 2. The van der Waals surface area contributed by atoms with Crippen molar-refractivity contribution in [2.45, 2.75) is 35.6 Å². The molecular formula is C22H24N2O3S. The fraction of sp³-hybridized carbons (Fsp3) is 0.364. The topological polar surface area (TPSA) is 58.6 Å². The Morgan fingerprint density at radius 1 is 1.00 bits per heavy atom. The zero-order valence-electron chi connectivity index (χ0n) is 15.9. The minimum absolute atomic E-state index is 0.0148. The predicted molar refractivity (Wildman–Crippen MR) is 109 cm³/mol. The zero-order chi connectivity index (χ0) is 19.5. The summed E-state index contributed by atoms with van der Waals surface area (Å²) in [6.45, 7) is 4.71. The number of esters is 1. The number of carbonyl (C=O) groups excluding carboxylic acids is 2. The van der Waals surface area contributed by atoms with Gasteiger partial charge in [-0.2, -0.15) is 0 Å². The molecule has 6 heteroatoms. The smallest absolute Gasteiger partial charge is 0.308 e. The lowest BCUT2D eigenvalue weighted by atomic mass is 9.84. The Morgan fingerprint density at radius 2 is 1.61 bits per heavy atom. The highest BCUT2D eigenvalue weighted by Gasteiger charge is 2.34. The molecule has 1 atom stereocenters. The number of piperidine rings is 3. The van der Waals surface area contributed by atoms with Gasteiger partial charge in [-0.15, -0.1) is 0 Å². The Kier molecular flexibility index (Phi) is 5.69. The quantitative estimate of drug-likeness (QED) is 0.618. The first-order chi connectivity index (χ1) is 13.6. The van der Waals surface area contributed by atoms with Crippen LogP contribution in [0.3, 0.4) is 0 Å². The van der Waals surface area contributed by atoms with Crippen LogP contribution in [-0.2, 0) is 4.79 Å². The molecule has 3 saturated heterocycles. The summed E-state index contributed by atoms with van der Waals surface area (Å²) in [5.74, 6) is 0.851. The third-order valence-corrected chi connectivity index (χ3v) is 6.43. The van der Waals surface area contributed by atoms with Gasteiger partial charge in [0.1, 0.15) is 5.75 Å². The van der Waals surface area contributed by atoms with Gasteiger partial charge in [0.2, 0.25) is 0 Å². The highest BCUT2D eigenvalue weighted by atomic mass is 32.2. The van der Waals surface area contributed by atoms with Gasteiger partial charge in [0.15, 0.2) is 0 Å². The van der Waals surface area contributed by atoms with Gasteiger partial charge in [-0.3, -0.25) is 9.59 Å². The number of ether oxygens (including phenoxy) is 1. The summed E-state index contributed by atoms with van der Waals surface area (Å²) in [5, 5.41) is 3.23.